The summed E-state index contributed by atoms with van der Waals surface area (Å²) in [5, 5.41) is 8.08. The average Bonchev–Trinajstić information content (AvgIpc) is 2.89. The van der Waals surface area contributed by atoms with E-state index in [2.05, 4.69) is 48.5 Å². The summed E-state index contributed by atoms with van der Waals surface area (Å²) < 4.78 is 7.52. The van der Waals surface area contributed by atoms with Crippen molar-refractivity contribution in [2.45, 2.75) is 32.9 Å². The normalized spacial score (nSPS) is 21.1. The lowest BCUT2D eigenvalue weighted by Crippen LogP contribution is -2.28. The Kier molecular flexibility index (Phi) is 3.38. The molecule has 0 spiro atoms. The number of ether oxygens (including phenoxy) is 1. The minimum Gasteiger partial charge on any atom is -0.493 e. The van der Waals surface area contributed by atoms with Crippen molar-refractivity contribution in [1.29, 1.82) is 0 Å². The molecule has 20 heavy (non-hydrogen) atoms. The first-order valence-corrected chi connectivity index (χ1v) is 7.18. The van der Waals surface area contributed by atoms with Gasteiger partial charge in [0.25, 0.3) is 0 Å². The van der Waals surface area contributed by atoms with E-state index in [-0.39, 0.29) is 6.04 Å². The third kappa shape index (κ3) is 2.05. The van der Waals surface area contributed by atoms with Gasteiger partial charge in [-0.3, -0.25) is 4.68 Å². The molecule has 0 amide bonds. The lowest BCUT2D eigenvalue weighted by molar-refractivity contribution is 0.384. The van der Waals surface area contributed by atoms with Gasteiger partial charge in [-0.15, -0.1) is 0 Å². The zero-order valence-corrected chi connectivity index (χ0v) is 12.3. The van der Waals surface area contributed by atoms with Crippen LogP contribution in [-0.2, 0) is 13.0 Å². The maximum absolute atomic E-state index is 5.49. The summed E-state index contributed by atoms with van der Waals surface area (Å²) in [6, 6.07) is 8.76. The van der Waals surface area contributed by atoms with Crippen LogP contribution < -0.4 is 10.1 Å². The van der Waals surface area contributed by atoms with Gasteiger partial charge in [0.1, 0.15) is 5.69 Å². The number of rotatable bonds is 3. The van der Waals surface area contributed by atoms with Crippen LogP contribution in [0.2, 0.25) is 0 Å². The molecule has 1 aromatic heterocycles. The molecule has 1 aliphatic heterocycles. The lowest BCUT2D eigenvalue weighted by atomic mass is 9.86. The minimum atomic E-state index is 0.238. The standard InChI is InChI=1S/C16H21N3O/c1-4-19-16(14(20-3)10-17-19)15-11(2)9-12-7-5-6-8-13(12)18-15/h5-8,10-11,15,18H,4,9H2,1-3H3. The first kappa shape index (κ1) is 13.0. The molecule has 3 rings (SSSR count). The minimum absolute atomic E-state index is 0.238. The fourth-order valence-electron chi connectivity index (χ4n) is 3.05. The van der Waals surface area contributed by atoms with Gasteiger partial charge < -0.3 is 10.1 Å². The number of benzene rings is 1. The van der Waals surface area contributed by atoms with Crippen LogP contribution in [0.1, 0.15) is 31.1 Å². The first-order valence-electron chi connectivity index (χ1n) is 7.18. The Balaban J connectivity index is 2.01. The van der Waals surface area contributed by atoms with Crippen molar-refractivity contribution in [1.82, 2.24) is 9.78 Å². The van der Waals surface area contributed by atoms with Crippen LogP contribution in [0.3, 0.4) is 0 Å². The molecule has 0 aliphatic carbocycles. The maximum Gasteiger partial charge on any atom is 0.162 e. The third-order valence-corrected chi connectivity index (χ3v) is 4.10. The molecular weight excluding hydrogens is 250 g/mol. The number of para-hydroxylation sites is 1. The van der Waals surface area contributed by atoms with Crippen LogP contribution in [-0.4, -0.2) is 16.9 Å². The van der Waals surface area contributed by atoms with Crippen molar-refractivity contribution in [2.24, 2.45) is 5.92 Å². The van der Waals surface area contributed by atoms with E-state index in [4.69, 9.17) is 4.74 Å². The van der Waals surface area contributed by atoms with E-state index in [1.54, 1.807) is 7.11 Å². The zero-order valence-electron chi connectivity index (χ0n) is 12.3. The SMILES string of the molecule is CCn1ncc(OC)c1C1Nc2ccccc2CC1C. The Morgan fingerprint density at radius 1 is 1.40 bits per heavy atom. The van der Waals surface area contributed by atoms with Crippen molar-refractivity contribution in [3.05, 3.63) is 41.7 Å². The largest absolute Gasteiger partial charge is 0.493 e. The molecule has 0 bridgehead atoms. The van der Waals surface area contributed by atoms with Gasteiger partial charge in [0.2, 0.25) is 0 Å². The zero-order chi connectivity index (χ0) is 14.1. The van der Waals surface area contributed by atoms with E-state index in [1.807, 2.05) is 10.9 Å². The fraction of sp³-hybridized carbons (Fsp3) is 0.438. The van der Waals surface area contributed by atoms with Crippen molar-refractivity contribution >= 4 is 5.69 Å². The van der Waals surface area contributed by atoms with Crippen molar-refractivity contribution < 1.29 is 4.74 Å². The highest BCUT2D eigenvalue weighted by atomic mass is 16.5. The Morgan fingerprint density at radius 3 is 2.95 bits per heavy atom. The highest BCUT2D eigenvalue weighted by molar-refractivity contribution is 5.55. The third-order valence-electron chi connectivity index (χ3n) is 4.10. The number of anilines is 1. The smallest absolute Gasteiger partial charge is 0.162 e. The number of hydrogen-bond acceptors (Lipinski definition) is 3. The molecule has 4 nitrogen and oxygen atoms in total. The van der Waals surface area contributed by atoms with E-state index in [1.165, 1.54) is 11.3 Å². The topological polar surface area (TPSA) is 39.1 Å². The molecule has 1 aromatic carbocycles. The Hall–Kier alpha value is -1.97. The van der Waals surface area contributed by atoms with Gasteiger partial charge in [-0.2, -0.15) is 5.10 Å². The van der Waals surface area contributed by atoms with Gasteiger partial charge in [0.15, 0.2) is 5.75 Å². The second-order valence-corrected chi connectivity index (χ2v) is 5.37. The fourth-order valence-corrected chi connectivity index (χ4v) is 3.05. The molecule has 2 atom stereocenters. The number of aryl methyl sites for hydroxylation is 1. The number of fused-ring (bicyclic) bond motifs is 1. The molecule has 2 unspecified atom stereocenters. The molecule has 1 aliphatic rings. The molecule has 2 aromatic rings. The number of hydrogen-bond donors (Lipinski definition) is 1. The summed E-state index contributed by atoms with van der Waals surface area (Å²) in [6.07, 6.45) is 2.89. The lowest BCUT2D eigenvalue weighted by Gasteiger charge is -2.33. The van der Waals surface area contributed by atoms with E-state index in [9.17, 15) is 0 Å². The second kappa shape index (κ2) is 5.19. The van der Waals surface area contributed by atoms with Crippen LogP contribution in [0.4, 0.5) is 5.69 Å². The molecule has 1 N–H and O–H groups in total. The van der Waals surface area contributed by atoms with Gasteiger partial charge in [-0.1, -0.05) is 25.1 Å². The van der Waals surface area contributed by atoms with Crippen molar-refractivity contribution in [3.8, 4) is 5.75 Å². The molecule has 0 saturated heterocycles. The average molecular weight is 271 g/mol. The molecule has 4 heteroatoms. The summed E-state index contributed by atoms with van der Waals surface area (Å²) in [6.45, 7) is 5.24. The quantitative estimate of drug-likeness (QED) is 0.931. The number of nitrogens with one attached hydrogen (secondary N) is 1. The van der Waals surface area contributed by atoms with Crippen molar-refractivity contribution in [2.75, 3.05) is 12.4 Å². The summed E-state index contributed by atoms with van der Waals surface area (Å²) in [4.78, 5) is 0. The van der Waals surface area contributed by atoms with Gasteiger partial charge in [-0.05, 0) is 30.9 Å². The van der Waals surface area contributed by atoms with Gasteiger partial charge >= 0.3 is 0 Å². The van der Waals surface area contributed by atoms with Crippen LogP contribution >= 0.6 is 0 Å². The predicted octanol–water partition coefficient (Wildman–Crippen LogP) is 3.26. The molecular formula is C16H21N3O. The summed E-state index contributed by atoms with van der Waals surface area (Å²) in [5.41, 5.74) is 3.76. The Labute approximate surface area is 119 Å². The number of nitrogens with zero attached hydrogens (tertiary/aromatic N) is 2. The highest BCUT2D eigenvalue weighted by Crippen LogP contribution is 2.39. The molecule has 2 heterocycles. The van der Waals surface area contributed by atoms with E-state index in [0.29, 0.717) is 5.92 Å². The van der Waals surface area contributed by atoms with E-state index >= 15 is 0 Å². The van der Waals surface area contributed by atoms with Crippen LogP contribution in [0.5, 0.6) is 5.75 Å². The second-order valence-electron chi connectivity index (χ2n) is 5.37. The molecule has 106 valence electrons. The Bertz CT molecular complexity index is 584. The van der Waals surface area contributed by atoms with Gasteiger partial charge in [-0.25, -0.2) is 0 Å². The van der Waals surface area contributed by atoms with E-state index in [0.717, 1.165) is 24.4 Å². The van der Waals surface area contributed by atoms with E-state index < -0.39 is 0 Å². The Morgan fingerprint density at radius 2 is 2.20 bits per heavy atom. The van der Waals surface area contributed by atoms with Crippen LogP contribution in [0, 0.1) is 5.92 Å². The van der Waals surface area contributed by atoms with Gasteiger partial charge in [0.05, 0.1) is 19.3 Å². The molecule has 0 radical (unpaired) electrons. The monoisotopic (exact) mass is 271 g/mol. The molecule has 0 fully saturated rings. The maximum atomic E-state index is 5.49. The summed E-state index contributed by atoms with van der Waals surface area (Å²) >= 11 is 0. The summed E-state index contributed by atoms with van der Waals surface area (Å²) in [7, 11) is 1.71. The van der Waals surface area contributed by atoms with Crippen LogP contribution in [0.15, 0.2) is 30.5 Å². The molecule has 0 saturated carbocycles. The van der Waals surface area contributed by atoms with Crippen LogP contribution in [0.25, 0.3) is 0 Å². The highest BCUT2D eigenvalue weighted by Gasteiger charge is 2.30. The van der Waals surface area contributed by atoms with Crippen molar-refractivity contribution in [3.63, 3.8) is 0 Å². The first-order chi connectivity index (χ1) is 9.74. The predicted molar refractivity (Wildman–Crippen MR) is 80.1 cm³/mol. The number of methoxy groups -OCH3 is 1. The van der Waals surface area contributed by atoms with Gasteiger partial charge in [0, 0.05) is 12.2 Å². The number of aromatic nitrogens is 2. The summed E-state index contributed by atoms with van der Waals surface area (Å²) in [5.74, 6) is 1.37.